The Labute approximate surface area is 117 Å². The van der Waals surface area contributed by atoms with Crippen molar-refractivity contribution in [2.24, 2.45) is 0 Å². The highest BCUT2D eigenvalue weighted by atomic mass is 16.1. The Kier molecular flexibility index (Phi) is 3.33. The fraction of sp³-hybridized carbons (Fsp3) is 0.176. The highest BCUT2D eigenvalue weighted by Crippen LogP contribution is 2.21. The molecule has 100 valence electrons. The summed E-state index contributed by atoms with van der Waals surface area (Å²) in [4.78, 5) is 19.5. The van der Waals surface area contributed by atoms with Crippen LogP contribution >= 0.6 is 0 Å². The van der Waals surface area contributed by atoms with Gasteiger partial charge in [0.15, 0.2) is 0 Å². The van der Waals surface area contributed by atoms with Gasteiger partial charge in [-0.25, -0.2) is 4.98 Å². The molecule has 3 rings (SSSR count). The molecule has 0 radical (unpaired) electrons. The smallest absolute Gasteiger partial charge is 0.258 e. The topological polar surface area (TPSA) is 45.8 Å². The number of benzene rings is 2. The maximum absolute atomic E-state index is 12.2. The predicted molar refractivity (Wildman–Crippen MR) is 81.8 cm³/mol. The third-order valence-corrected chi connectivity index (χ3v) is 3.35. The van der Waals surface area contributed by atoms with E-state index in [1.807, 2.05) is 48.5 Å². The van der Waals surface area contributed by atoms with Crippen LogP contribution in [0, 0.1) is 0 Å². The van der Waals surface area contributed by atoms with Crippen LogP contribution in [0.3, 0.4) is 0 Å². The second-order valence-electron chi connectivity index (χ2n) is 4.86. The van der Waals surface area contributed by atoms with Crippen molar-refractivity contribution in [3.8, 4) is 11.1 Å². The maximum atomic E-state index is 12.2. The van der Waals surface area contributed by atoms with Crippen LogP contribution in [0.1, 0.15) is 19.2 Å². The van der Waals surface area contributed by atoms with Crippen molar-refractivity contribution in [1.82, 2.24) is 9.97 Å². The van der Waals surface area contributed by atoms with Crippen LogP contribution < -0.4 is 5.56 Å². The highest BCUT2D eigenvalue weighted by Gasteiger charge is 2.05. The number of fused-ring (bicyclic) bond motifs is 1. The van der Waals surface area contributed by atoms with Gasteiger partial charge in [0.1, 0.15) is 5.82 Å². The van der Waals surface area contributed by atoms with Gasteiger partial charge in [-0.15, -0.1) is 0 Å². The zero-order valence-electron chi connectivity index (χ0n) is 11.4. The van der Waals surface area contributed by atoms with E-state index in [2.05, 4.69) is 16.9 Å². The van der Waals surface area contributed by atoms with Crippen LogP contribution in [0.15, 0.2) is 53.3 Å². The first-order chi connectivity index (χ1) is 9.78. The lowest BCUT2D eigenvalue weighted by Crippen LogP contribution is -2.11. The molecule has 20 heavy (non-hydrogen) atoms. The van der Waals surface area contributed by atoms with Crippen LogP contribution in [-0.4, -0.2) is 9.97 Å². The van der Waals surface area contributed by atoms with Crippen molar-refractivity contribution in [3.63, 3.8) is 0 Å². The van der Waals surface area contributed by atoms with E-state index in [0.717, 1.165) is 35.3 Å². The molecular formula is C17H16N2O. The number of nitrogens with zero attached hydrogens (tertiary/aromatic N) is 1. The summed E-state index contributed by atoms with van der Waals surface area (Å²) in [6.45, 7) is 2.07. The van der Waals surface area contributed by atoms with Gasteiger partial charge >= 0.3 is 0 Å². The molecule has 3 heteroatoms. The van der Waals surface area contributed by atoms with E-state index >= 15 is 0 Å². The van der Waals surface area contributed by atoms with Crippen LogP contribution in [0.5, 0.6) is 0 Å². The molecule has 2 aromatic carbocycles. The normalized spacial score (nSPS) is 10.8. The fourth-order valence-electron chi connectivity index (χ4n) is 2.35. The zero-order valence-corrected chi connectivity index (χ0v) is 11.4. The average Bonchev–Trinajstić information content (AvgIpc) is 2.48. The Balaban J connectivity index is 2.15. The summed E-state index contributed by atoms with van der Waals surface area (Å²) in [6, 6.07) is 15.9. The number of aryl methyl sites for hydroxylation is 1. The Morgan fingerprint density at radius 2 is 1.85 bits per heavy atom. The molecule has 0 saturated carbocycles. The van der Waals surface area contributed by atoms with Crippen molar-refractivity contribution in [3.05, 3.63) is 64.7 Å². The Morgan fingerprint density at radius 3 is 2.60 bits per heavy atom. The van der Waals surface area contributed by atoms with Crippen molar-refractivity contribution < 1.29 is 0 Å². The Morgan fingerprint density at radius 1 is 1.05 bits per heavy atom. The van der Waals surface area contributed by atoms with Crippen molar-refractivity contribution in [2.75, 3.05) is 0 Å². The molecule has 0 aliphatic rings. The van der Waals surface area contributed by atoms with Gasteiger partial charge in [-0.2, -0.15) is 0 Å². The van der Waals surface area contributed by atoms with Crippen molar-refractivity contribution >= 4 is 10.9 Å². The minimum atomic E-state index is -0.0590. The number of nitrogens with one attached hydrogen (secondary N) is 1. The van der Waals surface area contributed by atoms with Crippen molar-refractivity contribution in [1.29, 1.82) is 0 Å². The standard InChI is InChI=1S/C17H16N2O/c1-2-6-16-18-15-10-9-13(11-14(15)17(20)19-16)12-7-4-3-5-8-12/h3-5,7-11H,2,6H2,1H3,(H,18,19,20). The summed E-state index contributed by atoms with van der Waals surface area (Å²) in [5.41, 5.74) is 2.84. The van der Waals surface area contributed by atoms with Crippen LogP contribution in [0.25, 0.3) is 22.0 Å². The molecule has 0 saturated heterocycles. The van der Waals surface area contributed by atoms with E-state index in [9.17, 15) is 4.79 Å². The van der Waals surface area contributed by atoms with E-state index in [1.165, 1.54) is 0 Å². The Hall–Kier alpha value is -2.42. The fourth-order valence-corrected chi connectivity index (χ4v) is 2.35. The lowest BCUT2D eigenvalue weighted by molar-refractivity contribution is 0.837. The molecule has 1 heterocycles. The van der Waals surface area contributed by atoms with Crippen LogP contribution in [0.2, 0.25) is 0 Å². The molecule has 0 atom stereocenters. The van der Waals surface area contributed by atoms with Crippen LogP contribution in [-0.2, 0) is 6.42 Å². The quantitative estimate of drug-likeness (QED) is 0.786. The molecule has 0 amide bonds. The summed E-state index contributed by atoms with van der Waals surface area (Å²) < 4.78 is 0. The van der Waals surface area contributed by atoms with Gasteiger partial charge in [-0.3, -0.25) is 4.79 Å². The number of aromatic nitrogens is 2. The number of aromatic amines is 1. The molecule has 0 spiro atoms. The highest BCUT2D eigenvalue weighted by molar-refractivity contribution is 5.83. The summed E-state index contributed by atoms with van der Waals surface area (Å²) >= 11 is 0. The first-order valence-electron chi connectivity index (χ1n) is 6.86. The summed E-state index contributed by atoms with van der Waals surface area (Å²) in [6.07, 6.45) is 1.77. The minimum absolute atomic E-state index is 0.0590. The number of hydrogen-bond acceptors (Lipinski definition) is 2. The predicted octanol–water partition coefficient (Wildman–Crippen LogP) is 3.54. The average molecular weight is 264 g/mol. The van der Waals surface area contributed by atoms with Gasteiger partial charge in [0.25, 0.3) is 5.56 Å². The van der Waals surface area contributed by atoms with E-state index in [1.54, 1.807) is 0 Å². The largest absolute Gasteiger partial charge is 0.310 e. The second-order valence-corrected chi connectivity index (χ2v) is 4.86. The van der Waals surface area contributed by atoms with Crippen LogP contribution in [0.4, 0.5) is 0 Å². The third-order valence-electron chi connectivity index (χ3n) is 3.35. The molecule has 1 N–H and O–H groups in total. The molecule has 3 nitrogen and oxygen atoms in total. The van der Waals surface area contributed by atoms with Gasteiger partial charge in [-0.1, -0.05) is 43.3 Å². The SMILES string of the molecule is CCCc1nc2ccc(-c3ccccc3)cc2c(=O)[nH]1. The number of rotatable bonds is 3. The summed E-state index contributed by atoms with van der Waals surface area (Å²) in [7, 11) is 0. The van der Waals surface area contributed by atoms with E-state index in [0.29, 0.717) is 5.39 Å². The summed E-state index contributed by atoms with van der Waals surface area (Å²) in [5, 5.41) is 0.645. The Bertz CT molecular complexity index is 791. The molecule has 0 aliphatic heterocycles. The number of H-pyrrole nitrogens is 1. The third kappa shape index (κ3) is 2.35. The lowest BCUT2D eigenvalue weighted by atomic mass is 10.0. The molecular weight excluding hydrogens is 248 g/mol. The molecule has 0 aliphatic carbocycles. The van der Waals surface area contributed by atoms with Gasteiger partial charge in [-0.05, 0) is 29.7 Å². The number of hydrogen-bond donors (Lipinski definition) is 1. The first-order valence-corrected chi connectivity index (χ1v) is 6.86. The zero-order chi connectivity index (χ0) is 13.9. The van der Waals surface area contributed by atoms with E-state index < -0.39 is 0 Å². The second kappa shape index (κ2) is 5.29. The van der Waals surface area contributed by atoms with Gasteiger partial charge in [0, 0.05) is 6.42 Å². The maximum Gasteiger partial charge on any atom is 0.258 e. The van der Waals surface area contributed by atoms with Gasteiger partial charge in [0.2, 0.25) is 0 Å². The molecule has 0 unspecified atom stereocenters. The molecule has 1 aromatic heterocycles. The molecule has 0 fully saturated rings. The van der Waals surface area contributed by atoms with Crippen molar-refractivity contribution in [2.45, 2.75) is 19.8 Å². The van der Waals surface area contributed by atoms with Gasteiger partial charge in [0.05, 0.1) is 10.9 Å². The van der Waals surface area contributed by atoms with E-state index in [4.69, 9.17) is 0 Å². The molecule has 3 aromatic rings. The minimum Gasteiger partial charge on any atom is -0.310 e. The lowest BCUT2D eigenvalue weighted by Gasteiger charge is -2.05. The molecule has 0 bridgehead atoms. The van der Waals surface area contributed by atoms with Gasteiger partial charge < -0.3 is 4.98 Å². The monoisotopic (exact) mass is 264 g/mol. The van der Waals surface area contributed by atoms with E-state index in [-0.39, 0.29) is 5.56 Å². The summed E-state index contributed by atoms with van der Waals surface area (Å²) in [5.74, 6) is 0.762. The first kappa shape index (κ1) is 12.6.